The quantitative estimate of drug-likeness (QED) is 0.869. The summed E-state index contributed by atoms with van der Waals surface area (Å²) in [6.45, 7) is 4.49. The first-order chi connectivity index (χ1) is 6.59. The van der Waals surface area contributed by atoms with E-state index in [9.17, 15) is 0 Å². The third-order valence-electron chi connectivity index (χ3n) is 2.09. The number of hydrogen-bond acceptors (Lipinski definition) is 2. The molecule has 2 unspecified atom stereocenters. The van der Waals surface area contributed by atoms with Crippen molar-refractivity contribution in [1.29, 1.82) is 0 Å². The number of hydrogen-bond donors (Lipinski definition) is 2. The van der Waals surface area contributed by atoms with Gasteiger partial charge in [0, 0.05) is 17.1 Å². The van der Waals surface area contributed by atoms with Gasteiger partial charge in [0.1, 0.15) is 0 Å². The third kappa shape index (κ3) is 3.78. The lowest BCUT2D eigenvalue weighted by atomic mass is 10.1. The Morgan fingerprint density at radius 2 is 1.86 bits per heavy atom. The van der Waals surface area contributed by atoms with Crippen molar-refractivity contribution in [3.05, 3.63) is 34.3 Å². The van der Waals surface area contributed by atoms with Gasteiger partial charge in [-0.3, -0.25) is 0 Å². The Morgan fingerprint density at radius 1 is 1.29 bits per heavy atom. The molecule has 0 bridgehead atoms. The highest BCUT2D eigenvalue weighted by atomic mass is 79.9. The molecular formula is C11H16BrNO. The molecule has 0 fully saturated rings. The topological polar surface area (TPSA) is 32.3 Å². The van der Waals surface area contributed by atoms with Gasteiger partial charge in [0.2, 0.25) is 0 Å². The summed E-state index contributed by atoms with van der Waals surface area (Å²) in [6, 6.07) is 8.47. The van der Waals surface area contributed by atoms with Crippen LogP contribution in [0.2, 0.25) is 0 Å². The van der Waals surface area contributed by atoms with Gasteiger partial charge in [-0.15, -0.1) is 0 Å². The highest BCUT2D eigenvalue weighted by Crippen LogP contribution is 2.16. The van der Waals surface area contributed by atoms with Crippen LogP contribution >= 0.6 is 15.9 Å². The fourth-order valence-corrected chi connectivity index (χ4v) is 1.48. The molecule has 0 aromatic heterocycles. The minimum absolute atomic E-state index is 0.276. The van der Waals surface area contributed by atoms with Gasteiger partial charge in [0.15, 0.2) is 0 Å². The van der Waals surface area contributed by atoms with Crippen LogP contribution in [0, 0.1) is 0 Å². The van der Waals surface area contributed by atoms with E-state index in [4.69, 9.17) is 5.11 Å². The molecular weight excluding hydrogens is 242 g/mol. The largest absolute Gasteiger partial charge is 0.392 e. The molecule has 0 spiro atoms. The average molecular weight is 258 g/mol. The molecule has 0 saturated heterocycles. The van der Waals surface area contributed by atoms with Crippen LogP contribution in [0.4, 0.5) is 0 Å². The fraction of sp³-hybridized carbons (Fsp3) is 0.455. The molecule has 0 amide bonds. The van der Waals surface area contributed by atoms with Crippen LogP contribution < -0.4 is 5.32 Å². The molecule has 1 aromatic rings. The molecule has 1 rings (SSSR count). The lowest BCUT2D eigenvalue weighted by Gasteiger charge is -2.15. The van der Waals surface area contributed by atoms with Crippen LogP contribution in [-0.2, 0) is 0 Å². The molecule has 1 aromatic carbocycles. The normalized spacial score (nSPS) is 15.1. The van der Waals surface area contributed by atoms with E-state index in [1.165, 1.54) is 5.56 Å². The summed E-state index contributed by atoms with van der Waals surface area (Å²) in [7, 11) is 0. The monoisotopic (exact) mass is 257 g/mol. The standard InChI is InChI=1S/C11H16BrNO/c1-8(14)7-13-9(2)10-3-5-11(12)6-4-10/h3-6,8-9,13-14H,7H2,1-2H3. The second kappa shape index (κ2) is 5.49. The molecule has 0 radical (unpaired) electrons. The van der Waals surface area contributed by atoms with Crippen molar-refractivity contribution in [2.75, 3.05) is 6.54 Å². The predicted octanol–water partition coefficient (Wildman–Crippen LogP) is 2.48. The summed E-state index contributed by atoms with van der Waals surface area (Å²) in [6.07, 6.45) is -0.298. The van der Waals surface area contributed by atoms with Gasteiger partial charge in [-0.2, -0.15) is 0 Å². The fourth-order valence-electron chi connectivity index (χ4n) is 1.22. The molecule has 0 aliphatic heterocycles. The Balaban J connectivity index is 2.52. The summed E-state index contributed by atoms with van der Waals surface area (Å²) in [4.78, 5) is 0. The first-order valence-electron chi connectivity index (χ1n) is 4.76. The van der Waals surface area contributed by atoms with Gasteiger partial charge in [-0.25, -0.2) is 0 Å². The molecule has 0 aliphatic carbocycles. The zero-order chi connectivity index (χ0) is 10.6. The van der Waals surface area contributed by atoms with Crippen LogP contribution in [0.5, 0.6) is 0 Å². The van der Waals surface area contributed by atoms with E-state index in [0.717, 1.165) is 4.47 Å². The smallest absolute Gasteiger partial charge is 0.0636 e. The molecule has 3 heteroatoms. The number of rotatable bonds is 4. The van der Waals surface area contributed by atoms with E-state index in [-0.39, 0.29) is 12.1 Å². The van der Waals surface area contributed by atoms with Gasteiger partial charge in [-0.1, -0.05) is 28.1 Å². The Morgan fingerprint density at radius 3 is 2.36 bits per heavy atom. The van der Waals surface area contributed by atoms with Gasteiger partial charge in [-0.05, 0) is 31.5 Å². The van der Waals surface area contributed by atoms with Crippen molar-refractivity contribution in [2.45, 2.75) is 26.0 Å². The molecule has 0 aliphatic rings. The summed E-state index contributed by atoms with van der Waals surface area (Å²) in [5.41, 5.74) is 1.23. The minimum atomic E-state index is -0.298. The van der Waals surface area contributed by atoms with Crippen molar-refractivity contribution in [2.24, 2.45) is 0 Å². The number of benzene rings is 1. The highest BCUT2D eigenvalue weighted by molar-refractivity contribution is 9.10. The second-order valence-electron chi connectivity index (χ2n) is 3.53. The third-order valence-corrected chi connectivity index (χ3v) is 2.62. The number of halogens is 1. The predicted molar refractivity (Wildman–Crippen MR) is 62.2 cm³/mol. The summed E-state index contributed by atoms with van der Waals surface area (Å²) in [5.74, 6) is 0. The van der Waals surface area contributed by atoms with Crippen LogP contribution in [0.1, 0.15) is 25.5 Å². The van der Waals surface area contributed by atoms with Gasteiger partial charge in [0.05, 0.1) is 6.10 Å². The number of aliphatic hydroxyl groups is 1. The Hall–Kier alpha value is -0.380. The van der Waals surface area contributed by atoms with Crippen molar-refractivity contribution in [3.8, 4) is 0 Å². The molecule has 0 heterocycles. The molecule has 14 heavy (non-hydrogen) atoms. The maximum atomic E-state index is 9.12. The highest BCUT2D eigenvalue weighted by Gasteiger charge is 2.05. The van der Waals surface area contributed by atoms with E-state index in [0.29, 0.717) is 6.54 Å². The number of nitrogens with one attached hydrogen (secondary N) is 1. The first kappa shape index (κ1) is 11.7. The zero-order valence-electron chi connectivity index (χ0n) is 8.50. The van der Waals surface area contributed by atoms with E-state index >= 15 is 0 Å². The van der Waals surface area contributed by atoms with E-state index in [2.05, 4.69) is 40.3 Å². The lowest BCUT2D eigenvalue weighted by molar-refractivity contribution is 0.187. The zero-order valence-corrected chi connectivity index (χ0v) is 10.1. The Kier molecular flexibility index (Phi) is 4.58. The van der Waals surface area contributed by atoms with Crippen LogP contribution in [0.25, 0.3) is 0 Å². The molecule has 78 valence electrons. The minimum Gasteiger partial charge on any atom is -0.392 e. The maximum Gasteiger partial charge on any atom is 0.0636 e. The molecule has 2 atom stereocenters. The second-order valence-corrected chi connectivity index (χ2v) is 4.45. The van der Waals surface area contributed by atoms with Crippen molar-refractivity contribution in [3.63, 3.8) is 0 Å². The summed E-state index contributed by atoms with van der Waals surface area (Å²) in [5, 5.41) is 12.4. The van der Waals surface area contributed by atoms with E-state index < -0.39 is 0 Å². The maximum absolute atomic E-state index is 9.12. The van der Waals surface area contributed by atoms with Crippen molar-refractivity contribution in [1.82, 2.24) is 5.32 Å². The average Bonchev–Trinajstić information content (AvgIpc) is 2.15. The van der Waals surface area contributed by atoms with Crippen LogP contribution in [0.3, 0.4) is 0 Å². The Bertz CT molecular complexity index is 271. The van der Waals surface area contributed by atoms with Gasteiger partial charge in [0.25, 0.3) is 0 Å². The molecule has 2 N–H and O–H groups in total. The van der Waals surface area contributed by atoms with Gasteiger partial charge < -0.3 is 10.4 Å². The number of aliphatic hydroxyl groups excluding tert-OH is 1. The molecule has 0 saturated carbocycles. The van der Waals surface area contributed by atoms with Crippen molar-refractivity contribution < 1.29 is 5.11 Å². The van der Waals surface area contributed by atoms with Gasteiger partial charge >= 0.3 is 0 Å². The van der Waals surface area contributed by atoms with E-state index in [1.807, 2.05) is 12.1 Å². The van der Waals surface area contributed by atoms with E-state index in [1.54, 1.807) is 6.92 Å². The van der Waals surface area contributed by atoms with Crippen LogP contribution in [0.15, 0.2) is 28.7 Å². The first-order valence-corrected chi connectivity index (χ1v) is 5.56. The van der Waals surface area contributed by atoms with Crippen molar-refractivity contribution >= 4 is 15.9 Å². The summed E-state index contributed by atoms with van der Waals surface area (Å²) >= 11 is 3.40. The lowest BCUT2D eigenvalue weighted by Crippen LogP contribution is -2.27. The van der Waals surface area contributed by atoms with Crippen LogP contribution in [-0.4, -0.2) is 17.8 Å². The molecule has 2 nitrogen and oxygen atoms in total. The SMILES string of the molecule is CC(O)CNC(C)c1ccc(Br)cc1. The Labute approximate surface area is 93.5 Å². The summed E-state index contributed by atoms with van der Waals surface area (Å²) < 4.78 is 1.09.